The molecule has 3 N–H and O–H groups in total. The van der Waals surface area contributed by atoms with E-state index in [4.69, 9.17) is 5.73 Å². The maximum absolute atomic E-state index is 13.0. The van der Waals surface area contributed by atoms with Crippen LogP contribution in [0.25, 0.3) is 0 Å². The van der Waals surface area contributed by atoms with Gasteiger partial charge in [0.15, 0.2) is 0 Å². The molecule has 0 heterocycles. The minimum absolute atomic E-state index is 0.258. The van der Waals surface area contributed by atoms with Gasteiger partial charge in [0.05, 0.1) is 22.9 Å². The second-order valence-corrected chi connectivity index (χ2v) is 8.57. The van der Waals surface area contributed by atoms with Crippen LogP contribution < -0.4 is 10.5 Å². The maximum atomic E-state index is 13.0. The van der Waals surface area contributed by atoms with Gasteiger partial charge >= 0.3 is 0 Å². The van der Waals surface area contributed by atoms with Crippen LogP contribution in [-0.2, 0) is 20.0 Å². The summed E-state index contributed by atoms with van der Waals surface area (Å²) in [4.78, 5) is -0.686. The molecule has 1 rings (SSSR count). The third-order valence-corrected chi connectivity index (χ3v) is 5.92. The van der Waals surface area contributed by atoms with Gasteiger partial charge in [-0.2, -0.15) is 0 Å². The highest BCUT2D eigenvalue weighted by Gasteiger charge is 2.30. The summed E-state index contributed by atoms with van der Waals surface area (Å²) in [6, 6.07) is 4.44. The summed E-state index contributed by atoms with van der Waals surface area (Å²) < 4.78 is 76.5. The van der Waals surface area contributed by atoms with Gasteiger partial charge in [-0.1, -0.05) is 6.07 Å². The average molecular weight is 357 g/mol. The van der Waals surface area contributed by atoms with E-state index < -0.39 is 44.0 Å². The number of nitrogens with two attached hydrogens (primary N) is 1. The van der Waals surface area contributed by atoms with Crippen molar-refractivity contribution >= 4 is 20.0 Å². The molecule has 126 valence electrons. The highest BCUT2D eigenvalue weighted by atomic mass is 32.2. The zero-order valence-corrected chi connectivity index (χ0v) is 13.6. The summed E-state index contributed by atoms with van der Waals surface area (Å²) in [6.07, 6.45) is 0. The van der Waals surface area contributed by atoms with Crippen molar-refractivity contribution in [2.75, 3.05) is 27.2 Å². The SMILES string of the molecule is CN(C)S(=O)(=O)c1cccc(S(=O)(=O)NCC(F)(F)CN)c1. The van der Waals surface area contributed by atoms with E-state index in [0.717, 1.165) is 16.4 Å². The summed E-state index contributed by atoms with van der Waals surface area (Å²) in [5, 5.41) is 0. The molecule has 7 nitrogen and oxygen atoms in total. The van der Waals surface area contributed by atoms with Crippen LogP contribution in [0.3, 0.4) is 0 Å². The van der Waals surface area contributed by atoms with Crippen molar-refractivity contribution in [1.29, 1.82) is 0 Å². The second-order valence-electron chi connectivity index (χ2n) is 4.65. The summed E-state index contributed by atoms with van der Waals surface area (Å²) in [7, 11) is -5.54. The fourth-order valence-corrected chi connectivity index (χ4v) is 3.50. The lowest BCUT2D eigenvalue weighted by molar-refractivity contribution is 0.0170. The molecule has 0 aliphatic rings. The van der Waals surface area contributed by atoms with Crippen molar-refractivity contribution in [2.45, 2.75) is 15.7 Å². The predicted molar refractivity (Wildman–Crippen MR) is 76.5 cm³/mol. The molecule has 0 aliphatic heterocycles. The average Bonchev–Trinajstić information content (AvgIpc) is 2.45. The van der Waals surface area contributed by atoms with Crippen LogP contribution in [0.2, 0.25) is 0 Å². The first-order valence-corrected chi connectivity index (χ1v) is 8.95. The molecule has 0 unspecified atom stereocenters. The molecule has 0 saturated heterocycles. The highest BCUT2D eigenvalue weighted by molar-refractivity contribution is 7.90. The van der Waals surface area contributed by atoms with Crippen molar-refractivity contribution in [3.8, 4) is 0 Å². The first kappa shape index (κ1) is 18.9. The summed E-state index contributed by atoms with van der Waals surface area (Å²) in [5.74, 6) is -3.39. The van der Waals surface area contributed by atoms with E-state index >= 15 is 0 Å². The standard InChI is InChI=1S/C11H17F2N3O4S2/c1-16(2)22(19,20)10-5-3-4-9(6-10)21(17,18)15-8-11(12,13)7-14/h3-6,15H,7-8,14H2,1-2H3. The zero-order chi connectivity index (χ0) is 17.2. The molecule has 0 spiro atoms. The maximum Gasteiger partial charge on any atom is 0.273 e. The normalized spacial score (nSPS) is 13.5. The van der Waals surface area contributed by atoms with Crippen LogP contribution in [0.5, 0.6) is 0 Å². The second kappa shape index (κ2) is 6.54. The molecule has 0 amide bonds. The van der Waals surface area contributed by atoms with Crippen molar-refractivity contribution in [1.82, 2.24) is 9.03 Å². The number of rotatable bonds is 7. The van der Waals surface area contributed by atoms with Gasteiger partial charge in [-0.25, -0.2) is 34.6 Å². The molecule has 1 aromatic rings. The van der Waals surface area contributed by atoms with E-state index in [-0.39, 0.29) is 4.90 Å². The van der Waals surface area contributed by atoms with Crippen LogP contribution in [-0.4, -0.2) is 54.2 Å². The molecule has 22 heavy (non-hydrogen) atoms. The molecule has 0 aliphatic carbocycles. The largest absolute Gasteiger partial charge is 0.325 e. The fraction of sp³-hybridized carbons (Fsp3) is 0.455. The Kier molecular flexibility index (Phi) is 5.62. The van der Waals surface area contributed by atoms with Crippen LogP contribution in [0.1, 0.15) is 0 Å². The fourth-order valence-electron chi connectivity index (χ4n) is 1.37. The number of sulfonamides is 2. The van der Waals surface area contributed by atoms with Crippen molar-refractivity contribution in [3.05, 3.63) is 24.3 Å². The molecule has 0 atom stereocenters. The van der Waals surface area contributed by atoms with Crippen LogP contribution >= 0.6 is 0 Å². The van der Waals surface area contributed by atoms with Crippen LogP contribution in [0.4, 0.5) is 8.78 Å². The minimum atomic E-state index is -4.28. The monoisotopic (exact) mass is 357 g/mol. The number of nitrogens with zero attached hydrogens (tertiary/aromatic N) is 1. The van der Waals surface area contributed by atoms with Crippen molar-refractivity contribution in [2.24, 2.45) is 5.73 Å². The Hall–Kier alpha value is -1.14. The van der Waals surface area contributed by atoms with Gasteiger partial charge in [-0.05, 0) is 18.2 Å². The first-order chi connectivity index (χ1) is 9.92. The smallest absolute Gasteiger partial charge is 0.273 e. The molecular formula is C11H17F2N3O4S2. The molecule has 0 radical (unpaired) electrons. The lowest BCUT2D eigenvalue weighted by Crippen LogP contribution is -2.41. The molecule has 0 bridgehead atoms. The van der Waals surface area contributed by atoms with E-state index in [2.05, 4.69) is 0 Å². The molecule has 0 fully saturated rings. The third kappa shape index (κ3) is 4.43. The van der Waals surface area contributed by atoms with Crippen molar-refractivity contribution in [3.63, 3.8) is 0 Å². The Labute approximate surface area is 128 Å². The number of hydrogen-bond donors (Lipinski definition) is 2. The van der Waals surface area contributed by atoms with E-state index in [0.29, 0.717) is 0 Å². The van der Waals surface area contributed by atoms with E-state index in [1.165, 1.54) is 26.2 Å². The quantitative estimate of drug-likeness (QED) is 0.703. The van der Waals surface area contributed by atoms with E-state index in [9.17, 15) is 25.6 Å². The topological polar surface area (TPSA) is 110 Å². The molecule has 0 saturated carbocycles. The number of nitrogens with one attached hydrogen (secondary N) is 1. The molecule has 1 aromatic carbocycles. The van der Waals surface area contributed by atoms with Crippen LogP contribution in [0, 0.1) is 0 Å². The van der Waals surface area contributed by atoms with E-state index in [1.807, 2.05) is 0 Å². The van der Waals surface area contributed by atoms with Gasteiger partial charge in [0.1, 0.15) is 0 Å². The van der Waals surface area contributed by atoms with Gasteiger partial charge in [-0.3, -0.25) is 0 Å². The van der Waals surface area contributed by atoms with Crippen molar-refractivity contribution < 1.29 is 25.6 Å². The summed E-state index contributed by atoms with van der Waals surface area (Å²) >= 11 is 0. The Morgan fingerprint density at radius 3 is 2.23 bits per heavy atom. The first-order valence-electron chi connectivity index (χ1n) is 6.02. The summed E-state index contributed by atoms with van der Waals surface area (Å²) in [5.41, 5.74) is 4.82. The predicted octanol–water partition coefficient (Wildman–Crippen LogP) is -0.191. The molecular weight excluding hydrogens is 340 g/mol. The van der Waals surface area contributed by atoms with Gasteiger partial charge in [0, 0.05) is 14.1 Å². The minimum Gasteiger partial charge on any atom is -0.325 e. The van der Waals surface area contributed by atoms with Gasteiger partial charge < -0.3 is 5.73 Å². The third-order valence-electron chi connectivity index (χ3n) is 2.71. The Balaban J connectivity index is 3.13. The Bertz CT molecular complexity index is 733. The van der Waals surface area contributed by atoms with Gasteiger partial charge in [0.2, 0.25) is 20.0 Å². The lowest BCUT2D eigenvalue weighted by atomic mass is 10.3. The Morgan fingerprint density at radius 2 is 1.73 bits per heavy atom. The number of alkyl halides is 2. The number of hydrogen-bond acceptors (Lipinski definition) is 5. The zero-order valence-electron chi connectivity index (χ0n) is 12.0. The highest BCUT2D eigenvalue weighted by Crippen LogP contribution is 2.19. The number of halogens is 2. The molecule has 11 heteroatoms. The van der Waals surface area contributed by atoms with E-state index in [1.54, 1.807) is 4.72 Å². The Morgan fingerprint density at radius 1 is 1.18 bits per heavy atom. The van der Waals surface area contributed by atoms with Crippen LogP contribution in [0.15, 0.2) is 34.1 Å². The lowest BCUT2D eigenvalue weighted by Gasteiger charge is -2.15. The van der Waals surface area contributed by atoms with Gasteiger partial charge in [0.25, 0.3) is 5.92 Å². The summed E-state index contributed by atoms with van der Waals surface area (Å²) in [6.45, 7) is -2.18. The molecule has 0 aromatic heterocycles. The van der Waals surface area contributed by atoms with Gasteiger partial charge in [-0.15, -0.1) is 0 Å². The number of benzene rings is 1.